The third-order valence-corrected chi connectivity index (χ3v) is 3.81. The highest BCUT2D eigenvalue weighted by molar-refractivity contribution is 7.08. The molecule has 0 unspecified atom stereocenters. The second-order valence-corrected chi connectivity index (χ2v) is 5.47. The highest BCUT2D eigenvalue weighted by Crippen LogP contribution is 2.17. The highest BCUT2D eigenvalue weighted by atomic mass is 32.1. The first kappa shape index (κ1) is 15.3. The number of benzene rings is 1. The van der Waals surface area contributed by atoms with Gasteiger partial charge in [0.25, 0.3) is 0 Å². The van der Waals surface area contributed by atoms with E-state index in [0.717, 1.165) is 11.3 Å². The quantitative estimate of drug-likeness (QED) is 0.854. The monoisotopic (exact) mass is 303 g/mol. The third-order valence-electron chi connectivity index (χ3n) is 3.08. The fourth-order valence-corrected chi connectivity index (χ4v) is 2.73. The standard InChI is InChI=1S/C16H17NO3S/c18-15(11-13-8-10-21-12-13)17(9-4-7-16(19)20)14-5-2-1-3-6-14/h1-3,5-6,8,10,12H,4,7,9,11H2,(H,19,20). The molecule has 4 nitrogen and oxygen atoms in total. The number of carboxylic acids is 1. The van der Waals surface area contributed by atoms with Crippen molar-refractivity contribution in [3.8, 4) is 0 Å². The van der Waals surface area contributed by atoms with Crippen molar-refractivity contribution < 1.29 is 14.7 Å². The molecule has 0 aliphatic heterocycles. The van der Waals surface area contributed by atoms with Crippen molar-refractivity contribution in [2.45, 2.75) is 19.3 Å². The molecule has 0 bridgehead atoms. The predicted molar refractivity (Wildman–Crippen MR) is 83.7 cm³/mol. The molecule has 0 saturated heterocycles. The summed E-state index contributed by atoms with van der Waals surface area (Å²) in [6, 6.07) is 11.3. The van der Waals surface area contributed by atoms with E-state index in [1.54, 1.807) is 16.2 Å². The Morgan fingerprint density at radius 1 is 1.14 bits per heavy atom. The zero-order valence-electron chi connectivity index (χ0n) is 11.6. The van der Waals surface area contributed by atoms with Crippen LogP contribution in [0.25, 0.3) is 0 Å². The van der Waals surface area contributed by atoms with E-state index in [2.05, 4.69) is 0 Å². The Morgan fingerprint density at radius 2 is 1.90 bits per heavy atom. The van der Waals surface area contributed by atoms with Crippen molar-refractivity contribution in [3.05, 3.63) is 52.7 Å². The van der Waals surface area contributed by atoms with Crippen molar-refractivity contribution in [2.75, 3.05) is 11.4 Å². The number of rotatable bonds is 7. The minimum Gasteiger partial charge on any atom is -0.481 e. The molecule has 1 aromatic carbocycles. The van der Waals surface area contributed by atoms with E-state index in [1.165, 1.54) is 0 Å². The highest BCUT2D eigenvalue weighted by Gasteiger charge is 2.16. The molecule has 1 heterocycles. The lowest BCUT2D eigenvalue weighted by atomic mass is 10.2. The lowest BCUT2D eigenvalue weighted by molar-refractivity contribution is -0.137. The van der Waals surface area contributed by atoms with Crippen molar-refractivity contribution >= 4 is 28.9 Å². The Bertz CT molecular complexity index is 581. The fourth-order valence-electron chi connectivity index (χ4n) is 2.06. The molecule has 0 atom stereocenters. The van der Waals surface area contributed by atoms with Gasteiger partial charge >= 0.3 is 5.97 Å². The maximum atomic E-state index is 12.5. The van der Waals surface area contributed by atoms with Gasteiger partial charge in [-0.2, -0.15) is 11.3 Å². The van der Waals surface area contributed by atoms with E-state index in [0.29, 0.717) is 19.4 Å². The lowest BCUT2D eigenvalue weighted by Crippen LogP contribution is -2.33. The van der Waals surface area contributed by atoms with Crippen LogP contribution in [0.1, 0.15) is 18.4 Å². The van der Waals surface area contributed by atoms with Crippen LogP contribution in [0, 0.1) is 0 Å². The van der Waals surface area contributed by atoms with Crippen LogP contribution in [0.4, 0.5) is 5.69 Å². The smallest absolute Gasteiger partial charge is 0.303 e. The molecular weight excluding hydrogens is 286 g/mol. The number of nitrogens with zero attached hydrogens (tertiary/aromatic N) is 1. The van der Waals surface area contributed by atoms with Gasteiger partial charge in [-0.15, -0.1) is 0 Å². The first-order valence-corrected chi connectivity index (χ1v) is 7.69. The van der Waals surface area contributed by atoms with Crippen LogP contribution in [0.2, 0.25) is 0 Å². The van der Waals surface area contributed by atoms with E-state index in [4.69, 9.17) is 5.11 Å². The molecule has 1 N–H and O–H groups in total. The van der Waals surface area contributed by atoms with E-state index < -0.39 is 5.97 Å². The van der Waals surface area contributed by atoms with Gasteiger partial charge in [-0.1, -0.05) is 18.2 Å². The van der Waals surface area contributed by atoms with E-state index in [9.17, 15) is 9.59 Å². The van der Waals surface area contributed by atoms with Gasteiger partial charge < -0.3 is 10.0 Å². The lowest BCUT2D eigenvalue weighted by Gasteiger charge is -2.22. The van der Waals surface area contributed by atoms with Gasteiger partial charge in [-0.05, 0) is 40.9 Å². The Morgan fingerprint density at radius 3 is 2.52 bits per heavy atom. The normalized spacial score (nSPS) is 10.3. The molecule has 110 valence electrons. The van der Waals surface area contributed by atoms with Gasteiger partial charge in [0.2, 0.25) is 5.91 Å². The van der Waals surface area contributed by atoms with Gasteiger partial charge in [0.15, 0.2) is 0 Å². The molecule has 21 heavy (non-hydrogen) atoms. The molecule has 0 aliphatic rings. The number of carbonyl (C=O) groups excluding carboxylic acids is 1. The molecule has 0 aliphatic carbocycles. The van der Waals surface area contributed by atoms with E-state index >= 15 is 0 Å². The largest absolute Gasteiger partial charge is 0.481 e. The summed E-state index contributed by atoms with van der Waals surface area (Å²) in [6.07, 6.45) is 0.847. The van der Waals surface area contributed by atoms with Crippen molar-refractivity contribution in [1.82, 2.24) is 0 Å². The first-order valence-electron chi connectivity index (χ1n) is 6.75. The summed E-state index contributed by atoms with van der Waals surface area (Å²) in [5, 5.41) is 12.6. The van der Waals surface area contributed by atoms with Gasteiger partial charge in [-0.3, -0.25) is 9.59 Å². The van der Waals surface area contributed by atoms with E-state index in [-0.39, 0.29) is 12.3 Å². The Hall–Kier alpha value is -2.14. The van der Waals surface area contributed by atoms with Crippen molar-refractivity contribution in [3.63, 3.8) is 0 Å². The minimum absolute atomic E-state index is 0.00927. The van der Waals surface area contributed by atoms with Crippen LogP contribution in [0.3, 0.4) is 0 Å². The second-order valence-electron chi connectivity index (χ2n) is 4.69. The number of amides is 1. The number of anilines is 1. The number of aliphatic carboxylic acids is 1. The zero-order valence-corrected chi connectivity index (χ0v) is 12.4. The first-order chi connectivity index (χ1) is 10.2. The fraction of sp³-hybridized carbons (Fsp3) is 0.250. The van der Waals surface area contributed by atoms with Crippen LogP contribution in [0.5, 0.6) is 0 Å². The predicted octanol–water partition coefficient (Wildman–Crippen LogP) is 3.19. The van der Waals surface area contributed by atoms with Crippen LogP contribution >= 0.6 is 11.3 Å². The summed E-state index contributed by atoms with van der Waals surface area (Å²) in [6.45, 7) is 0.416. The number of para-hydroxylation sites is 1. The number of hydrogen-bond donors (Lipinski definition) is 1. The van der Waals surface area contributed by atoms with Gasteiger partial charge in [0, 0.05) is 18.7 Å². The summed E-state index contributed by atoms with van der Waals surface area (Å²) >= 11 is 1.56. The van der Waals surface area contributed by atoms with E-state index in [1.807, 2.05) is 47.2 Å². The molecule has 0 spiro atoms. The Balaban J connectivity index is 2.07. The summed E-state index contributed by atoms with van der Waals surface area (Å²) in [4.78, 5) is 24.8. The van der Waals surface area contributed by atoms with Gasteiger partial charge in [0.1, 0.15) is 0 Å². The maximum Gasteiger partial charge on any atom is 0.303 e. The molecule has 0 fully saturated rings. The average molecular weight is 303 g/mol. The molecule has 2 rings (SSSR count). The summed E-state index contributed by atoms with van der Waals surface area (Å²) in [5.41, 5.74) is 1.80. The maximum absolute atomic E-state index is 12.5. The summed E-state index contributed by atoms with van der Waals surface area (Å²) in [5.74, 6) is -0.849. The Kier molecular flexibility index (Phi) is 5.51. The zero-order chi connectivity index (χ0) is 15.1. The Labute approximate surface area is 127 Å². The number of carboxylic acid groups (broad SMARTS) is 1. The number of carbonyl (C=O) groups is 2. The minimum atomic E-state index is -0.840. The molecule has 0 saturated carbocycles. The topological polar surface area (TPSA) is 57.6 Å². The molecule has 1 amide bonds. The second kappa shape index (κ2) is 7.59. The van der Waals surface area contributed by atoms with Crippen LogP contribution in [-0.4, -0.2) is 23.5 Å². The van der Waals surface area contributed by atoms with Crippen LogP contribution < -0.4 is 4.90 Å². The van der Waals surface area contributed by atoms with Crippen molar-refractivity contribution in [1.29, 1.82) is 0 Å². The molecular formula is C16H17NO3S. The van der Waals surface area contributed by atoms with Crippen molar-refractivity contribution in [2.24, 2.45) is 0 Å². The van der Waals surface area contributed by atoms with Gasteiger partial charge in [0.05, 0.1) is 6.42 Å². The van der Waals surface area contributed by atoms with Crippen LogP contribution in [0.15, 0.2) is 47.2 Å². The SMILES string of the molecule is O=C(O)CCCN(C(=O)Cc1ccsc1)c1ccccc1. The molecule has 2 aromatic rings. The number of hydrogen-bond acceptors (Lipinski definition) is 3. The van der Waals surface area contributed by atoms with Crippen LogP contribution in [-0.2, 0) is 16.0 Å². The molecule has 1 aromatic heterocycles. The molecule has 5 heteroatoms. The molecule has 0 radical (unpaired) electrons. The van der Waals surface area contributed by atoms with Gasteiger partial charge in [-0.25, -0.2) is 0 Å². The summed E-state index contributed by atoms with van der Waals surface area (Å²) < 4.78 is 0. The number of thiophene rings is 1. The third kappa shape index (κ3) is 4.72. The average Bonchev–Trinajstić information content (AvgIpc) is 2.97. The summed E-state index contributed by atoms with van der Waals surface area (Å²) in [7, 11) is 0.